The average Bonchev–Trinajstić information content (AvgIpc) is 2.93. The van der Waals surface area contributed by atoms with Gasteiger partial charge in [-0.15, -0.1) is 11.3 Å². The van der Waals surface area contributed by atoms with E-state index in [1.54, 1.807) is 18.3 Å². The van der Waals surface area contributed by atoms with E-state index in [0.29, 0.717) is 18.4 Å². The first-order valence-corrected chi connectivity index (χ1v) is 7.64. The molecule has 108 valence electrons. The summed E-state index contributed by atoms with van der Waals surface area (Å²) in [5.74, 6) is -1.51. The van der Waals surface area contributed by atoms with Gasteiger partial charge in [0, 0.05) is 4.88 Å². The second kappa shape index (κ2) is 6.81. The predicted octanol–water partition coefficient (Wildman–Crippen LogP) is 2.42. The number of allylic oxidation sites excluding steroid dienone is 1. The molecule has 0 aliphatic heterocycles. The molecular formula is C15H18O4S. The smallest absolute Gasteiger partial charge is 0.335 e. The van der Waals surface area contributed by atoms with E-state index in [0.717, 1.165) is 11.3 Å². The third-order valence-corrected chi connectivity index (χ3v) is 4.20. The molecule has 20 heavy (non-hydrogen) atoms. The van der Waals surface area contributed by atoms with Crippen LogP contribution in [0, 0.1) is 5.92 Å². The molecule has 0 saturated heterocycles. The number of Topliss-reactive ketones (excluding diaryl/α,β-unsaturated/α-hetero) is 1. The molecule has 5 heteroatoms. The molecular weight excluding hydrogens is 276 g/mol. The summed E-state index contributed by atoms with van der Waals surface area (Å²) in [5.41, 5.74) is 0.687. The first-order chi connectivity index (χ1) is 9.63. The summed E-state index contributed by atoms with van der Waals surface area (Å²) in [7, 11) is 0. The number of carbonyl (C=O) groups excluding carboxylic acids is 2. The number of ketones is 1. The highest BCUT2D eigenvalue weighted by Crippen LogP contribution is 2.30. The zero-order valence-corrected chi connectivity index (χ0v) is 12.2. The van der Waals surface area contributed by atoms with Crippen LogP contribution in [0.5, 0.6) is 0 Å². The first-order valence-electron chi connectivity index (χ1n) is 6.76. The van der Waals surface area contributed by atoms with Gasteiger partial charge in [0.2, 0.25) is 0 Å². The van der Waals surface area contributed by atoms with Crippen LogP contribution in [0.3, 0.4) is 0 Å². The van der Waals surface area contributed by atoms with Gasteiger partial charge in [-0.05, 0) is 49.3 Å². The van der Waals surface area contributed by atoms with Crippen molar-refractivity contribution in [2.45, 2.75) is 32.3 Å². The molecule has 4 nitrogen and oxygen atoms in total. The summed E-state index contributed by atoms with van der Waals surface area (Å²) < 4.78 is 4.79. The van der Waals surface area contributed by atoms with Crippen molar-refractivity contribution in [3.8, 4) is 0 Å². The number of carbonyl (C=O) groups is 2. The van der Waals surface area contributed by atoms with Crippen LogP contribution < -0.4 is 0 Å². The van der Waals surface area contributed by atoms with Crippen LogP contribution in [0.15, 0.2) is 23.1 Å². The molecule has 1 N–H and O–H groups in total. The molecule has 1 aromatic heterocycles. The summed E-state index contributed by atoms with van der Waals surface area (Å²) in [5, 5.41) is 11.9. The van der Waals surface area contributed by atoms with Gasteiger partial charge in [0.25, 0.3) is 0 Å². The summed E-state index contributed by atoms with van der Waals surface area (Å²) in [4.78, 5) is 25.0. The van der Waals surface area contributed by atoms with Crippen LogP contribution in [0.4, 0.5) is 0 Å². The number of ether oxygens (including phenoxy) is 1. The summed E-state index contributed by atoms with van der Waals surface area (Å²) in [6.45, 7) is 1.88. The minimum absolute atomic E-state index is 0.134. The van der Waals surface area contributed by atoms with Crippen molar-refractivity contribution in [3.63, 3.8) is 0 Å². The van der Waals surface area contributed by atoms with E-state index in [2.05, 4.69) is 0 Å². The van der Waals surface area contributed by atoms with Crippen molar-refractivity contribution in [3.05, 3.63) is 28.0 Å². The van der Waals surface area contributed by atoms with E-state index in [-0.39, 0.29) is 12.4 Å². The maximum absolute atomic E-state index is 12.4. The normalized spacial score (nSPS) is 22.8. The Morgan fingerprint density at radius 1 is 1.65 bits per heavy atom. The molecule has 2 rings (SSSR count). The third kappa shape index (κ3) is 3.35. The van der Waals surface area contributed by atoms with Crippen molar-refractivity contribution in [1.82, 2.24) is 0 Å². The number of aliphatic hydroxyl groups is 1. The van der Waals surface area contributed by atoms with Gasteiger partial charge in [-0.3, -0.25) is 4.79 Å². The second-order valence-electron chi connectivity index (χ2n) is 4.74. The van der Waals surface area contributed by atoms with Gasteiger partial charge in [0.05, 0.1) is 12.5 Å². The number of thiophene rings is 1. The highest BCUT2D eigenvalue weighted by Gasteiger charge is 2.36. The van der Waals surface area contributed by atoms with Gasteiger partial charge in [-0.2, -0.15) is 0 Å². The standard InChI is InChI=1S/C15H18O4S/c1-2-19-15(18)14(17)12-7-3-5-10(13(12)16)9-11-6-4-8-20-11/h4,6,8-9,12,14,17H,2-3,5,7H2,1H3/b10-9-/t12?,14-/m0/s1. The molecule has 0 aromatic carbocycles. The third-order valence-electron chi connectivity index (χ3n) is 3.38. The minimum Gasteiger partial charge on any atom is -0.464 e. The molecule has 0 bridgehead atoms. The lowest BCUT2D eigenvalue weighted by atomic mass is 9.80. The van der Waals surface area contributed by atoms with E-state index in [9.17, 15) is 14.7 Å². The van der Waals surface area contributed by atoms with Crippen LogP contribution in [-0.2, 0) is 14.3 Å². The zero-order valence-electron chi connectivity index (χ0n) is 11.4. The van der Waals surface area contributed by atoms with E-state index in [1.807, 2.05) is 23.6 Å². The van der Waals surface area contributed by atoms with Gasteiger partial charge in [0.15, 0.2) is 11.9 Å². The van der Waals surface area contributed by atoms with Crippen molar-refractivity contribution in [2.75, 3.05) is 6.61 Å². The van der Waals surface area contributed by atoms with Crippen molar-refractivity contribution in [1.29, 1.82) is 0 Å². The maximum Gasteiger partial charge on any atom is 0.335 e. The van der Waals surface area contributed by atoms with Crippen LogP contribution in [0.2, 0.25) is 0 Å². The topological polar surface area (TPSA) is 63.6 Å². The van der Waals surface area contributed by atoms with Gasteiger partial charge in [0.1, 0.15) is 0 Å². The fraction of sp³-hybridized carbons (Fsp3) is 0.467. The molecule has 0 radical (unpaired) electrons. The summed E-state index contributed by atoms with van der Waals surface area (Å²) in [6, 6.07) is 3.87. The molecule has 1 aliphatic carbocycles. The molecule has 1 aliphatic rings. The number of esters is 1. The molecule has 1 unspecified atom stereocenters. The Morgan fingerprint density at radius 3 is 3.10 bits per heavy atom. The number of aliphatic hydroxyl groups excluding tert-OH is 1. The Labute approximate surface area is 122 Å². The molecule has 0 spiro atoms. The highest BCUT2D eigenvalue weighted by atomic mass is 32.1. The van der Waals surface area contributed by atoms with Crippen molar-refractivity contribution in [2.24, 2.45) is 5.92 Å². The lowest BCUT2D eigenvalue weighted by Crippen LogP contribution is -2.38. The SMILES string of the molecule is CCOC(=O)[C@@H](O)C1CCC/C(=C/c2cccs2)C1=O. The first kappa shape index (κ1) is 14.9. The Hall–Kier alpha value is -1.46. The molecule has 1 aromatic rings. The van der Waals surface area contributed by atoms with Crippen LogP contribution in [-0.4, -0.2) is 29.6 Å². The fourth-order valence-electron chi connectivity index (χ4n) is 2.39. The van der Waals surface area contributed by atoms with Gasteiger partial charge in [-0.1, -0.05) is 6.07 Å². The van der Waals surface area contributed by atoms with E-state index in [4.69, 9.17) is 4.74 Å². The minimum atomic E-state index is -1.35. The lowest BCUT2D eigenvalue weighted by Gasteiger charge is -2.25. The van der Waals surface area contributed by atoms with E-state index in [1.165, 1.54) is 0 Å². The lowest BCUT2D eigenvalue weighted by molar-refractivity contribution is -0.158. The van der Waals surface area contributed by atoms with Crippen LogP contribution >= 0.6 is 11.3 Å². The second-order valence-corrected chi connectivity index (χ2v) is 5.72. The largest absolute Gasteiger partial charge is 0.464 e. The Kier molecular flexibility index (Phi) is 5.09. The monoisotopic (exact) mass is 294 g/mol. The zero-order chi connectivity index (χ0) is 14.5. The molecule has 1 saturated carbocycles. The van der Waals surface area contributed by atoms with Crippen molar-refractivity contribution >= 4 is 29.2 Å². The maximum atomic E-state index is 12.4. The van der Waals surface area contributed by atoms with Gasteiger partial charge in [-0.25, -0.2) is 4.79 Å². The molecule has 1 fully saturated rings. The predicted molar refractivity (Wildman–Crippen MR) is 77.3 cm³/mol. The summed E-state index contributed by atoms with van der Waals surface area (Å²) >= 11 is 1.56. The number of rotatable bonds is 4. The molecule has 1 heterocycles. The molecule has 0 amide bonds. The number of hydrogen-bond donors (Lipinski definition) is 1. The number of hydrogen-bond acceptors (Lipinski definition) is 5. The Balaban J connectivity index is 2.12. The quantitative estimate of drug-likeness (QED) is 0.684. The Morgan fingerprint density at radius 2 is 2.45 bits per heavy atom. The summed E-state index contributed by atoms with van der Waals surface area (Å²) in [6.07, 6.45) is 2.53. The molecule has 2 atom stereocenters. The van der Waals surface area contributed by atoms with Gasteiger partial charge < -0.3 is 9.84 Å². The fourth-order valence-corrected chi connectivity index (χ4v) is 3.07. The van der Waals surface area contributed by atoms with Crippen LogP contribution in [0.1, 0.15) is 31.1 Å². The van der Waals surface area contributed by atoms with Gasteiger partial charge >= 0.3 is 5.97 Å². The van der Waals surface area contributed by atoms with E-state index < -0.39 is 18.0 Å². The average molecular weight is 294 g/mol. The Bertz CT molecular complexity index is 504. The highest BCUT2D eigenvalue weighted by molar-refractivity contribution is 7.10. The van der Waals surface area contributed by atoms with Crippen LogP contribution in [0.25, 0.3) is 6.08 Å². The van der Waals surface area contributed by atoms with Crippen molar-refractivity contribution < 1.29 is 19.4 Å². The van der Waals surface area contributed by atoms with E-state index >= 15 is 0 Å².